The van der Waals surface area contributed by atoms with E-state index in [1.165, 1.54) is 0 Å². The van der Waals surface area contributed by atoms with Gasteiger partial charge in [-0.3, -0.25) is 4.79 Å². The lowest BCUT2D eigenvalue weighted by Crippen LogP contribution is -2.36. The van der Waals surface area contributed by atoms with E-state index in [1.807, 2.05) is 45.0 Å². The molecule has 0 unspecified atom stereocenters. The molecule has 3 aromatic rings. The van der Waals surface area contributed by atoms with Gasteiger partial charge >= 0.3 is 0 Å². The van der Waals surface area contributed by atoms with Gasteiger partial charge in [-0.25, -0.2) is 4.98 Å². The highest BCUT2D eigenvalue weighted by atomic mass is 16.5. The van der Waals surface area contributed by atoms with E-state index >= 15 is 0 Å². The molecule has 0 aliphatic carbocycles. The monoisotopic (exact) mass is 497 g/mol. The summed E-state index contributed by atoms with van der Waals surface area (Å²) < 4.78 is 11.5. The topological polar surface area (TPSA) is 134 Å². The van der Waals surface area contributed by atoms with Crippen LogP contribution >= 0.6 is 0 Å². The number of ether oxygens (including phenoxy) is 1. The van der Waals surface area contributed by atoms with Gasteiger partial charge in [0.2, 0.25) is 11.7 Å². The van der Waals surface area contributed by atoms with Gasteiger partial charge in [-0.15, -0.1) is 0 Å². The smallest absolute Gasteiger partial charge is 0.258 e. The molecule has 1 atom stereocenters. The molecular formula is C26H35N5O5. The summed E-state index contributed by atoms with van der Waals surface area (Å²) in [5, 5.41) is 25.5. The Kier molecular flexibility index (Phi) is 9.38. The van der Waals surface area contributed by atoms with Gasteiger partial charge in [0.05, 0.1) is 0 Å². The summed E-state index contributed by atoms with van der Waals surface area (Å²) in [6.07, 6.45) is -0.211. The molecule has 0 aliphatic rings. The van der Waals surface area contributed by atoms with E-state index in [4.69, 9.17) is 14.4 Å². The van der Waals surface area contributed by atoms with E-state index in [2.05, 4.69) is 39.2 Å². The number of nitrogens with one attached hydrogen (secondary N) is 1. The van der Waals surface area contributed by atoms with E-state index in [9.17, 15) is 9.90 Å². The molecule has 1 aromatic carbocycles. The lowest BCUT2D eigenvalue weighted by molar-refractivity contribution is -0.124. The minimum absolute atomic E-state index is 0.00151. The molecule has 0 radical (unpaired) electrons. The van der Waals surface area contributed by atoms with Crippen molar-refractivity contribution in [1.82, 2.24) is 20.4 Å². The minimum atomic E-state index is -0.908. The maximum atomic E-state index is 11.2. The lowest BCUT2D eigenvalue weighted by atomic mass is 10.0. The Balaban J connectivity index is 1.81. The van der Waals surface area contributed by atoms with Crippen molar-refractivity contribution < 1.29 is 24.3 Å². The summed E-state index contributed by atoms with van der Waals surface area (Å²) in [6.45, 7) is 11.1. The highest BCUT2D eigenvalue weighted by molar-refractivity contribution is 5.76. The SMILES string of the molecule is CCc1cc(-c2noc(-c3cc(C)nc(N(CC)CC)c3)n2)cc(C)c1OC[C@@H](O)CNC(=O)CO. The molecule has 194 valence electrons. The van der Waals surface area contributed by atoms with Gasteiger partial charge in [-0.2, -0.15) is 4.98 Å². The molecule has 3 N–H and O–H groups in total. The highest BCUT2D eigenvalue weighted by Gasteiger charge is 2.17. The predicted molar refractivity (Wildman–Crippen MR) is 137 cm³/mol. The normalized spacial score (nSPS) is 11.9. The molecule has 10 nitrogen and oxygen atoms in total. The van der Waals surface area contributed by atoms with E-state index in [-0.39, 0.29) is 13.2 Å². The molecule has 3 rings (SSSR count). The summed E-state index contributed by atoms with van der Waals surface area (Å²) in [6, 6.07) is 7.77. The minimum Gasteiger partial charge on any atom is -0.490 e. The van der Waals surface area contributed by atoms with Gasteiger partial charge in [0.15, 0.2) is 0 Å². The largest absolute Gasteiger partial charge is 0.490 e. The molecule has 0 spiro atoms. The number of hydrogen-bond donors (Lipinski definition) is 3. The van der Waals surface area contributed by atoms with Crippen LogP contribution in [0.3, 0.4) is 0 Å². The summed E-state index contributed by atoms with van der Waals surface area (Å²) in [7, 11) is 0. The number of benzene rings is 1. The molecule has 0 fully saturated rings. The van der Waals surface area contributed by atoms with Crippen molar-refractivity contribution >= 4 is 11.7 Å². The van der Waals surface area contributed by atoms with Gasteiger partial charge in [-0.1, -0.05) is 12.1 Å². The van der Waals surface area contributed by atoms with E-state index in [1.54, 1.807) is 0 Å². The zero-order valence-corrected chi connectivity index (χ0v) is 21.5. The number of anilines is 1. The van der Waals surface area contributed by atoms with Gasteiger partial charge in [0, 0.05) is 36.5 Å². The van der Waals surface area contributed by atoms with Crippen LogP contribution in [0.4, 0.5) is 5.82 Å². The highest BCUT2D eigenvalue weighted by Crippen LogP contribution is 2.32. The van der Waals surface area contributed by atoms with Gasteiger partial charge in [0.1, 0.15) is 30.9 Å². The van der Waals surface area contributed by atoms with Crippen molar-refractivity contribution in [3.8, 4) is 28.6 Å². The quantitative estimate of drug-likeness (QED) is 0.345. The first kappa shape index (κ1) is 27.1. The average molecular weight is 498 g/mol. The number of amides is 1. The number of hydrogen-bond acceptors (Lipinski definition) is 9. The Morgan fingerprint density at radius 2 is 1.86 bits per heavy atom. The maximum absolute atomic E-state index is 11.2. The van der Waals surface area contributed by atoms with Gasteiger partial charge in [0.25, 0.3) is 5.89 Å². The van der Waals surface area contributed by atoms with Gasteiger partial charge in [-0.05, 0) is 69.5 Å². The zero-order valence-electron chi connectivity index (χ0n) is 21.5. The van der Waals surface area contributed by atoms with E-state index in [0.717, 1.165) is 46.9 Å². The van der Waals surface area contributed by atoms with Crippen molar-refractivity contribution in [3.63, 3.8) is 0 Å². The first-order chi connectivity index (χ1) is 17.3. The number of pyridine rings is 1. The first-order valence-electron chi connectivity index (χ1n) is 12.2. The van der Waals surface area contributed by atoms with Crippen molar-refractivity contribution in [2.24, 2.45) is 0 Å². The number of rotatable bonds is 12. The Bertz CT molecular complexity index is 1180. The molecule has 10 heteroatoms. The van der Waals surface area contributed by atoms with E-state index in [0.29, 0.717) is 23.9 Å². The molecule has 0 saturated heterocycles. The van der Waals surface area contributed by atoms with Crippen LogP contribution in [0, 0.1) is 13.8 Å². The molecule has 1 amide bonds. The molecule has 0 saturated carbocycles. The number of aromatic nitrogens is 3. The zero-order chi connectivity index (χ0) is 26.2. The Morgan fingerprint density at radius 3 is 2.53 bits per heavy atom. The fourth-order valence-corrected chi connectivity index (χ4v) is 3.91. The number of nitrogens with zero attached hydrogens (tertiary/aromatic N) is 4. The third kappa shape index (κ3) is 6.58. The number of aryl methyl sites for hydroxylation is 3. The van der Waals surface area contributed by atoms with Crippen molar-refractivity contribution in [2.75, 3.05) is 37.7 Å². The summed E-state index contributed by atoms with van der Waals surface area (Å²) in [5.74, 6) is 1.90. The van der Waals surface area contributed by atoms with Crippen LogP contribution < -0.4 is 15.0 Å². The lowest BCUT2D eigenvalue weighted by Gasteiger charge is -2.20. The van der Waals surface area contributed by atoms with Crippen LogP contribution in [0.15, 0.2) is 28.8 Å². The first-order valence-corrected chi connectivity index (χ1v) is 12.2. The molecule has 2 heterocycles. The van der Waals surface area contributed by atoms with Crippen LogP contribution in [0.2, 0.25) is 0 Å². The van der Waals surface area contributed by atoms with Crippen LogP contribution in [0.25, 0.3) is 22.8 Å². The Labute approximate surface area is 211 Å². The molecule has 36 heavy (non-hydrogen) atoms. The fourth-order valence-electron chi connectivity index (χ4n) is 3.91. The third-order valence-electron chi connectivity index (χ3n) is 5.79. The van der Waals surface area contributed by atoms with Crippen LogP contribution in [0.1, 0.15) is 37.6 Å². The summed E-state index contributed by atoms with van der Waals surface area (Å²) >= 11 is 0. The van der Waals surface area contributed by atoms with Crippen molar-refractivity contribution in [3.05, 3.63) is 41.1 Å². The summed E-state index contributed by atoms with van der Waals surface area (Å²) in [4.78, 5) is 22.6. The standard InChI is InChI=1S/C26H35N5O5/c1-6-18-11-19(9-16(4)24(18)35-15-21(33)13-27-23(34)14-32)25-29-26(36-30-25)20-10-17(5)28-22(12-20)31(7-2)8-3/h9-12,21,32-33H,6-8,13-15H2,1-5H3,(H,27,34)/t21-/m0/s1. The molecule has 0 aliphatic heterocycles. The molecular weight excluding hydrogens is 462 g/mol. The Morgan fingerprint density at radius 1 is 1.11 bits per heavy atom. The van der Waals surface area contributed by atoms with E-state index < -0.39 is 18.6 Å². The maximum Gasteiger partial charge on any atom is 0.258 e. The second-order valence-electron chi connectivity index (χ2n) is 8.51. The number of aliphatic hydroxyl groups is 2. The second-order valence-corrected chi connectivity index (χ2v) is 8.51. The average Bonchev–Trinajstić information content (AvgIpc) is 3.37. The van der Waals surface area contributed by atoms with Gasteiger partial charge < -0.3 is 29.7 Å². The van der Waals surface area contributed by atoms with Crippen LogP contribution in [0.5, 0.6) is 5.75 Å². The predicted octanol–water partition coefficient (Wildman–Crippen LogP) is 2.67. The van der Waals surface area contributed by atoms with Crippen LogP contribution in [-0.2, 0) is 11.2 Å². The molecule has 2 aromatic heterocycles. The van der Waals surface area contributed by atoms with Crippen LogP contribution in [-0.4, -0.2) is 70.2 Å². The van der Waals surface area contributed by atoms with Crippen molar-refractivity contribution in [2.45, 2.75) is 47.1 Å². The van der Waals surface area contributed by atoms with Crippen molar-refractivity contribution in [1.29, 1.82) is 0 Å². The third-order valence-corrected chi connectivity index (χ3v) is 5.79. The number of carbonyl (C=O) groups is 1. The number of aliphatic hydroxyl groups excluding tert-OH is 2. The summed E-state index contributed by atoms with van der Waals surface area (Å²) in [5.41, 5.74) is 4.30. The fraction of sp³-hybridized carbons (Fsp3) is 0.462. The second kappa shape index (κ2) is 12.5. The molecule has 0 bridgehead atoms. The number of carbonyl (C=O) groups excluding carboxylic acids is 1. The Hall–Kier alpha value is -3.50.